The van der Waals surface area contributed by atoms with Crippen LogP contribution in [0.4, 0.5) is 4.79 Å². The average molecular weight is 265 g/mol. The number of aromatic nitrogens is 2. The van der Waals surface area contributed by atoms with Crippen molar-refractivity contribution in [1.82, 2.24) is 9.78 Å². The van der Waals surface area contributed by atoms with Crippen LogP contribution in [-0.2, 0) is 0 Å². The number of amides is 1. The van der Waals surface area contributed by atoms with Gasteiger partial charge in [-0.05, 0) is 23.3 Å². The third-order valence-corrected chi connectivity index (χ3v) is 2.63. The van der Waals surface area contributed by atoms with Gasteiger partial charge in [0.05, 0.1) is 18.3 Å². The van der Waals surface area contributed by atoms with Crippen LogP contribution in [-0.4, -0.2) is 22.9 Å². The van der Waals surface area contributed by atoms with E-state index in [0.29, 0.717) is 10.8 Å². The summed E-state index contributed by atoms with van der Waals surface area (Å²) in [5, 5.41) is 4.34. The molecule has 0 saturated carbocycles. The number of benzene rings is 1. The van der Waals surface area contributed by atoms with Gasteiger partial charge < -0.3 is 10.5 Å². The molecule has 2 N–H and O–H groups in total. The number of halogens is 1. The van der Waals surface area contributed by atoms with Crippen molar-refractivity contribution in [2.45, 2.75) is 0 Å². The minimum absolute atomic E-state index is 0.522. The van der Waals surface area contributed by atoms with E-state index in [1.165, 1.54) is 0 Å². The SMILES string of the molecule is COc1ccc([CH]c2cnn(C(N)=O)c2)cc1Cl. The Balaban J connectivity index is 2.18. The van der Waals surface area contributed by atoms with Crippen molar-refractivity contribution in [3.8, 4) is 5.75 Å². The maximum Gasteiger partial charge on any atom is 0.339 e. The summed E-state index contributed by atoms with van der Waals surface area (Å²) in [6.07, 6.45) is 4.92. The summed E-state index contributed by atoms with van der Waals surface area (Å²) < 4.78 is 6.13. The molecule has 1 heterocycles. The number of carbonyl (C=O) groups is 1. The van der Waals surface area contributed by atoms with Gasteiger partial charge >= 0.3 is 6.03 Å². The molecule has 0 unspecified atom stereocenters. The normalized spacial score (nSPS) is 10.3. The molecule has 1 aromatic heterocycles. The van der Waals surface area contributed by atoms with Gasteiger partial charge in [0, 0.05) is 12.6 Å². The van der Waals surface area contributed by atoms with Crippen LogP contribution in [0.1, 0.15) is 11.1 Å². The molecule has 6 heteroatoms. The van der Waals surface area contributed by atoms with Gasteiger partial charge in [-0.2, -0.15) is 9.78 Å². The maximum absolute atomic E-state index is 10.9. The van der Waals surface area contributed by atoms with Crippen molar-refractivity contribution in [2.24, 2.45) is 5.73 Å². The molecule has 1 aromatic carbocycles. The number of methoxy groups -OCH3 is 1. The fourth-order valence-corrected chi connectivity index (χ4v) is 1.76. The minimum Gasteiger partial charge on any atom is -0.495 e. The highest BCUT2D eigenvalue weighted by molar-refractivity contribution is 6.32. The first-order chi connectivity index (χ1) is 8.60. The second-order valence-corrected chi connectivity index (χ2v) is 4.00. The third-order valence-electron chi connectivity index (χ3n) is 2.34. The molecule has 0 aliphatic heterocycles. The van der Waals surface area contributed by atoms with E-state index >= 15 is 0 Å². The number of primary amides is 1. The van der Waals surface area contributed by atoms with E-state index in [1.807, 2.05) is 12.5 Å². The van der Waals surface area contributed by atoms with Crippen LogP contribution in [0.15, 0.2) is 30.6 Å². The average Bonchev–Trinajstić information content (AvgIpc) is 2.78. The Morgan fingerprint density at radius 3 is 2.83 bits per heavy atom. The van der Waals surface area contributed by atoms with Crippen molar-refractivity contribution in [1.29, 1.82) is 0 Å². The number of nitrogens with zero attached hydrogens (tertiary/aromatic N) is 2. The molecule has 2 aromatic rings. The Morgan fingerprint density at radius 1 is 1.50 bits per heavy atom. The lowest BCUT2D eigenvalue weighted by Crippen LogP contribution is -2.19. The lowest BCUT2D eigenvalue weighted by molar-refractivity contribution is 0.247. The van der Waals surface area contributed by atoms with Crippen LogP contribution in [0, 0.1) is 6.42 Å². The van der Waals surface area contributed by atoms with E-state index in [9.17, 15) is 4.79 Å². The highest BCUT2D eigenvalue weighted by atomic mass is 35.5. The topological polar surface area (TPSA) is 70.1 Å². The molecule has 0 bridgehead atoms. The van der Waals surface area contributed by atoms with Crippen molar-refractivity contribution in [3.05, 3.63) is 53.2 Å². The van der Waals surface area contributed by atoms with Gasteiger partial charge in [-0.15, -0.1) is 0 Å². The Morgan fingerprint density at radius 2 is 2.28 bits per heavy atom. The fourth-order valence-electron chi connectivity index (χ4n) is 1.50. The van der Waals surface area contributed by atoms with Gasteiger partial charge in [0.1, 0.15) is 5.75 Å². The molecule has 0 fully saturated rings. The molecule has 18 heavy (non-hydrogen) atoms. The zero-order valence-electron chi connectivity index (χ0n) is 9.63. The number of carbonyl (C=O) groups excluding carboxylic acids is 1. The summed E-state index contributed by atoms with van der Waals surface area (Å²) >= 11 is 6.01. The van der Waals surface area contributed by atoms with Gasteiger partial charge in [-0.3, -0.25) is 0 Å². The molecule has 1 amide bonds. The monoisotopic (exact) mass is 264 g/mol. The molecule has 5 nitrogen and oxygen atoms in total. The maximum atomic E-state index is 10.9. The second-order valence-electron chi connectivity index (χ2n) is 3.59. The molecule has 0 saturated heterocycles. The summed E-state index contributed by atoms with van der Waals surface area (Å²) in [7, 11) is 1.56. The smallest absolute Gasteiger partial charge is 0.339 e. The van der Waals surface area contributed by atoms with Crippen LogP contribution >= 0.6 is 11.6 Å². The summed E-state index contributed by atoms with van der Waals surface area (Å²) in [5.74, 6) is 0.613. The predicted molar refractivity (Wildman–Crippen MR) is 67.7 cm³/mol. The molecule has 93 valence electrons. The molecule has 2 rings (SSSR count). The minimum atomic E-state index is -0.623. The van der Waals surface area contributed by atoms with Crippen molar-refractivity contribution in [3.63, 3.8) is 0 Å². The predicted octanol–water partition coefficient (Wildman–Crippen LogP) is 2.07. The summed E-state index contributed by atoms with van der Waals surface area (Å²) in [4.78, 5) is 10.9. The molecule has 0 aliphatic carbocycles. The van der Waals surface area contributed by atoms with Crippen LogP contribution < -0.4 is 10.5 Å². The Kier molecular flexibility index (Phi) is 3.53. The van der Waals surface area contributed by atoms with E-state index in [4.69, 9.17) is 22.1 Å². The molecule has 0 spiro atoms. The summed E-state index contributed by atoms with van der Waals surface area (Å²) in [6.45, 7) is 0. The lowest BCUT2D eigenvalue weighted by Gasteiger charge is -2.04. The quantitative estimate of drug-likeness (QED) is 0.923. The zero-order valence-corrected chi connectivity index (χ0v) is 10.4. The molecule has 0 atom stereocenters. The number of rotatable bonds is 3. The zero-order chi connectivity index (χ0) is 13.1. The molecule has 1 radical (unpaired) electrons. The molecular weight excluding hydrogens is 254 g/mol. The molecular formula is C12H11ClN3O2. The first-order valence-electron chi connectivity index (χ1n) is 5.13. The summed E-state index contributed by atoms with van der Waals surface area (Å²) in [6, 6.07) is 4.77. The van der Waals surface area contributed by atoms with Crippen LogP contribution in [0.2, 0.25) is 5.02 Å². The van der Waals surface area contributed by atoms with Gasteiger partial charge in [0.25, 0.3) is 0 Å². The van der Waals surface area contributed by atoms with Crippen LogP contribution in [0.3, 0.4) is 0 Å². The van der Waals surface area contributed by atoms with E-state index in [0.717, 1.165) is 15.8 Å². The first kappa shape index (κ1) is 12.4. The Labute approximate surface area is 109 Å². The van der Waals surface area contributed by atoms with E-state index < -0.39 is 6.03 Å². The largest absolute Gasteiger partial charge is 0.495 e. The Bertz CT molecular complexity index is 580. The number of nitrogens with two attached hydrogens (primary N) is 1. The number of hydrogen-bond acceptors (Lipinski definition) is 3. The van der Waals surface area contributed by atoms with E-state index in [-0.39, 0.29) is 0 Å². The van der Waals surface area contributed by atoms with E-state index in [1.54, 1.807) is 31.6 Å². The number of ether oxygens (including phenoxy) is 1. The standard InChI is InChI=1S/C12H11ClN3O2/c1-18-11-3-2-8(5-10(11)13)4-9-6-15-16(7-9)12(14)17/h2-7H,1H3,(H2,14,17). The van der Waals surface area contributed by atoms with Crippen molar-refractivity contribution in [2.75, 3.05) is 7.11 Å². The number of hydrogen-bond donors (Lipinski definition) is 1. The van der Waals surface area contributed by atoms with Crippen LogP contribution in [0.5, 0.6) is 5.75 Å². The van der Waals surface area contributed by atoms with Gasteiger partial charge in [-0.1, -0.05) is 17.7 Å². The third kappa shape index (κ3) is 2.62. The highest BCUT2D eigenvalue weighted by Crippen LogP contribution is 2.26. The Hall–Kier alpha value is -2.01. The second kappa shape index (κ2) is 5.10. The van der Waals surface area contributed by atoms with Crippen molar-refractivity contribution < 1.29 is 9.53 Å². The van der Waals surface area contributed by atoms with Crippen molar-refractivity contribution >= 4 is 17.6 Å². The highest BCUT2D eigenvalue weighted by Gasteiger charge is 2.06. The van der Waals surface area contributed by atoms with Gasteiger partial charge in [0.15, 0.2) is 0 Å². The first-order valence-corrected chi connectivity index (χ1v) is 5.50. The van der Waals surface area contributed by atoms with Gasteiger partial charge in [-0.25, -0.2) is 4.79 Å². The van der Waals surface area contributed by atoms with Gasteiger partial charge in [0.2, 0.25) is 0 Å². The molecule has 0 aliphatic rings. The van der Waals surface area contributed by atoms with Crippen LogP contribution in [0.25, 0.3) is 0 Å². The fraction of sp³-hybridized carbons (Fsp3) is 0.0833. The van der Waals surface area contributed by atoms with E-state index in [2.05, 4.69) is 5.10 Å². The summed E-state index contributed by atoms with van der Waals surface area (Å²) in [5.41, 5.74) is 6.73. The lowest BCUT2D eigenvalue weighted by atomic mass is 10.1.